The summed E-state index contributed by atoms with van der Waals surface area (Å²) in [5.41, 5.74) is 23.3. The van der Waals surface area contributed by atoms with E-state index in [1.165, 1.54) is 5.46 Å². The van der Waals surface area contributed by atoms with Crippen molar-refractivity contribution in [3.05, 3.63) is 334 Å². The van der Waals surface area contributed by atoms with Crippen molar-refractivity contribution in [3.8, 4) is 11.1 Å². The highest BCUT2D eigenvalue weighted by atomic mass is 15.3. The molecule has 0 bridgehead atoms. The first-order valence-electron chi connectivity index (χ1n) is 31.3. The van der Waals surface area contributed by atoms with Gasteiger partial charge in [0.1, 0.15) is 23.3 Å². The Labute approximate surface area is 535 Å². The molecule has 0 saturated heterocycles. The summed E-state index contributed by atoms with van der Waals surface area (Å²) >= 11 is 0. The van der Waals surface area contributed by atoms with E-state index >= 15 is 0 Å². The first-order chi connectivity index (χ1) is 45.7. The molecule has 0 N–H and O–H groups in total. The summed E-state index contributed by atoms with van der Waals surface area (Å²) in [5.74, 6) is 3.24. The maximum atomic E-state index is 6.17. The van der Waals surface area contributed by atoms with E-state index < -0.39 is 0 Å². The van der Waals surface area contributed by atoms with Crippen molar-refractivity contribution >= 4 is 149 Å². The van der Waals surface area contributed by atoms with Crippen molar-refractivity contribution in [2.75, 3.05) is 29.4 Å². The van der Waals surface area contributed by atoms with Gasteiger partial charge >= 0.3 is 0 Å². The molecule has 14 aromatic rings. The van der Waals surface area contributed by atoms with Crippen LogP contribution in [0, 0.1) is 0 Å². The molecule has 0 aliphatic carbocycles. The molecule has 7 heterocycles. The number of pyridine rings is 3. The largest absolute Gasteiger partial charge is 0.311 e. The molecule has 0 amide bonds. The molecule has 0 spiro atoms. The van der Waals surface area contributed by atoms with E-state index in [9.17, 15) is 0 Å². The zero-order chi connectivity index (χ0) is 60.6. The van der Waals surface area contributed by atoms with Crippen LogP contribution in [0.1, 0.15) is 0 Å². The molecule has 4 aliphatic rings. The first-order valence-corrected chi connectivity index (χ1v) is 31.3. The number of aromatic nitrogens is 3. The van der Waals surface area contributed by atoms with Crippen LogP contribution >= 0.6 is 0 Å². The van der Waals surface area contributed by atoms with E-state index in [-0.39, 0.29) is 13.4 Å². The van der Waals surface area contributed by atoms with Crippen LogP contribution in [0.15, 0.2) is 334 Å². The van der Waals surface area contributed by atoms with Crippen LogP contribution in [0.25, 0.3) is 11.1 Å². The summed E-state index contributed by atoms with van der Waals surface area (Å²) < 4.78 is 0. The zero-order valence-electron chi connectivity index (χ0n) is 49.9. The van der Waals surface area contributed by atoms with Crippen molar-refractivity contribution in [2.24, 2.45) is 0 Å². The van der Waals surface area contributed by atoms with E-state index in [4.69, 9.17) is 15.0 Å². The predicted octanol–water partition coefficient (Wildman–Crippen LogP) is 16.6. The molecule has 92 heavy (non-hydrogen) atoms. The summed E-state index contributed by atoms with van der Waals surface area (Å²) in [6.45, 7) is -0.599. The fourth-order valence-electron chi connectivity index (χ4n) is 14.7. The van der Waals surface area contributed by atoms with E-state index in [0.29, 0.717) is 0 Å². The second-order valence-corrected chi connectivity index (χ2v) is 23.5. The summed E-state index contributed by atoms with van der Waals surface area (Å²) in [5, 5.41) is 0. The maximum Gasteiger partial charge on any atom is 0.256 e. The zero-order valence-corrected chi connectivity index (χ0v) is 49.9. The van der Waals surface area contributed by atoms with Crippen LogP contribution < -0.4 is 62.2 Å². The lowest BCUT2D eigenvalue weighted by Gasteiger charge is -2.47. The molecule has 4 aliphatic heterocycles. The third-order valence-electron chi connectivity index (χ3n) is 18.4. The number of hydrogen-bond donors (Lipinski definition) is 0. The van der Waals surface area contributed by atoms with Crippen molar-refractivity contribution in [1.82, 2.24) is 15.0 Å². The molecule has 430 valence electrons. The Morgan fingerprint density at radius 2 is 0.652 bits per heavy atom. The van der Waals surface area contributed by atoms with Crippen LogP contribution in [0.2, 0.25) is 0 Å². The fourth-order valence-corrected chi connectivity index (χ4v) is 14.7. The minimum Gasteiger partial charge on any atom is -0.311 e. The molecule has 18 rings (SSSR count). The topological polar surface area (TPSA) is 58.1 Å². The average molecular weight is 1180 g/mol. The quantitative estimate of drug-likeness (QED) is 0.118. The smallest absolute Gasteiger partial charge is 0.256 e. The van der Waals surface area contributed by atoms with Crippen molar-refractivity contribution < 1.29 is 0 Å². The molecule has 0 atom stereocenters. The third kappa shape index (κ3) is 8.47. The van der Waals surface area contributed by atoms with Gasteiger partial charge in [0.25, 0.3) is 13.4 Å². The minimum absolute atomic E-state index is 0.283. The second kappa shape index (κ2) is 21.8. The molecule has 0 saturated carbocycles. The number of hydrogen-bond acceptors (Lipinski definition) is 9. The number of nitrogens with zero attached hydrogens (tertiary/aromatic N) is 9. The lowest BCUT2D eigenvalue weighted by Crippen LogP contribution is -2.65. The molecule has 11 heteroatoms. The molecule has 3 aromatic heterocycles. The average Bonchev–Trinajstić information content (AvgIpc) is 0.687. The standard InChI is InChI=1S/C81H55B2N9/c1-9-29-56(30-10-1)64-45-25-27-47-69(64)92-73-52-72-66(51-67(73)82-65-46-26-28-48-70(65)89(61-39-19-6-20-40-61)74-53-77(86-81(92)79(74)82)88(59-35-15-4-16-36-59)60-37-17-5-18-38-60)83-68-55-84-50-49-71(68)91(63-43-23-8-24-44-63)80-78(83)75(90(72)62-41-21-7-22-42-62)54-76(85-80)87(57-31-11-2-12-32-57)58-33-13-3-14-34-58/h1-55H. The van der Waals surface area contributed by atoms with Crippen LogP contribution in [0.4, 0.5) is 103 Å². The van der Waals surface area contributed by atoms with E-state index in [1.54, 1.807) is 0 Å². The van der Waals surface area contributed by atoms with Crippen LogP contribution in [-0.2, 0) is 0 Å². The summed E-state index contributed by atoms with van der Waals surface area (Å²) in [4.78, 5) is 31.6. The Morgan fingerprint density at radius 1 is 0.272 bits per heavy atom. The highest BCUT2D eigenvalue weighted by molar-refractivity contribution is 7.03. The van der Waals surface area contributed by atoms with Gasteiger partial charge in [-0.15, -0.1) is 0 Å². The Bertz CT molecular complexity index is 5020. The SMILES string of the molecule is c1ccc(-c2ccccc2N2c3cc4c(cc3B3c5ccccc5N(c5ccccc5)c5cc(N(c6ccccc6)c6ccccc6)nc2c53)B2c3cnccc3N(c3ccccc3)c3nc(N(c5ccccc5)c5ccccc5)cc(c32)N4c2ccccc2)cc1. The second-order valence-electron chi connectivity index (χ2n) is 23.5. The number of anilines is 18. The molecule has 0 unspecified atom stereocenters. The molecular weight excluding hydrogens is 1120 g/mol. The number of benzene rings is 11. The molecule has 11 aromatic carbocycles. The van der Waals surface area contributed by atoms with Gasteiger partial charge in [0.05, 0.1) is 5.69 Å². The number of para-hydroxylation sites is 9. The van der Waals surface area contributed by atoms with Gasteiger partial charge < -0.3 is 9.80 Å². The summed E-state index contributed by atoms with van der Waals surface area (Å²) in [6, 6.07) is 115. The van der Waals surface area contributed by atoms with Crippen molar-refractivity contribution in [1.29, 1.82) is 0 Å². The summed E-state index contributed by atoms with van der Waals surface area (Å²) in [7, 11) is 0. The minimum atomic E-state index is -0.316. The predicted molar refractivity (Wildman–Crippen MR) is 383 cm³/mol. The third-order valence-corrected chi connectivity index (χ3v) is 18.4. The summed E-state index contributed by atoms with van der Waals surface area (Å²) in [6.07, 6.45) is 4.02. The maximum absolute atomic E-state index is 6.17. The molecule has 9 nitrogen and oxygen atoms in total. The number of fused-ring (bicyclic) bond motifs is 8. The Kier molecular flexibility index (Phi) is 12.6. The van der Waals surface area contributed by atoms with Gasteiger partial charge in [-0.3, -0.25) is 24.6 Å². The molecule has 0 fully saturated rings. The van der Waals surface area contributed by atoms with Crippen LogP contribution in [-0.4, -0.2) is 28.4 Å². The number of rotatable bonds is 11. The lowest BCUT2D eigenvalue weighted by atomic mass is 9.30. The van der Waals surface area contributed by atoms with Crippen molar-refractivity contribution in [2.45, 2.75) is 0 Å². The van der Waals surface area contributed by atoms with Gasteiger partial charge in [0, 0.05) is 104 Å². The van der Waals surface area contributed by atoms with Crippen molar-refractivity contribution in [3.63, 3.8) is 0 Å². The molecule has 0 radical (unpaired) electrons. The van der Waals surface area contributed by atoms with Gasteiger partial charge in [-0.1, -0.05) is 200 Å². The Hall–Kier alpha value is -12.2. The molecular formula is C81H55B2N9. The van der Waals surface area contributed by atoms with E-state index in [1.807, 2.05) is 6.20 Å². The van der Waals surface area contributed by atoms with Gasteiger partial charge in [0.2, 0.25) is 0 Å². The van der Waals surface area contributed by atoms with Gasteiger partial charge in [0.15, 0.2) is 0 Å². The fraction of sp³-hybridized carbons (Fsp3) is 0. The van der Waals surface area contributed by atoms with Crippen LogP contribution in [0.5, 0.6) is 0 Å². The van der Waals surface area contributed by atoms with Gasteiger partial charge in [-0.2, -0.15) is 0 Å². The monoisotopic (exact) mass is 1180 g/mol. The normalized spacial score (nSPS) is 12.9. The first kappa shape index (κ1) is 52.9. The van der Waals surface area contributed by atoms with E-state index in [2.05, 4.69) is 357 Å². The highest BCUT2D eigenvalue weighted by Crippen LogP contribution is 2.52. The Morgan fingerprint density at radius 3 is 1.16 bits per heavy atom. The van der Waals surface area contributed by atoms with Gasteiger partial charge in [-0.25, -0.2) is 9.97 Å². The van der Waals surface area contributed by atoms with Gasteiger partial charge in [-0.05, 0) is 148 Å². The van der Waals surface area contributed by atoms with Crippen LogP contribution in [0.3, 0.4) is 0 Å². The lowest BCUT2D eigenvalue weighted by molar-refractivity contribution is 1.12. The van der Waals surface area contributed by atoms with E-state index in [0.717, 1.165) is 141 Å². The highest BCUT2D eigenvalue weighted by Gasteiger charge is 2.50. The Balaban J connectivity index is 0.985.